The van der Waals surface area contributed by atoms with Crippen molar-refractivity contribution in [2.45, 2.75) is 40.0 Å². The number of nitrogens with zero attached hydrogens (tertiary/aromatic N) is 2. The smallest absolute Gasteiger partial charge is 0.155 e. The van der Waals surface area contributed by atoms with E-state index in [1.54, 1.807) is 0 Å². The van der Waals surface area contributed by atoms with Gasteiger partial charge in [-0.25, -0.2) is 0 Å². The van der Waals surface area contributed by atoms with Crippen molar-refractivity contribution in [3.63, 3.8) is 0 Å². The number of hydrogen-bond acceptors (Lipinski definition) is 4. The summed E-state index contributed by atoms with van der Waals surface area (Å²) >= 11 is 0. The largest absolute Gasteiger partial charge is 0.512 e. The number of ketones is 1. The fraction of sp³-hybridized carbons (Fsp3) is 0.240. The van der Waals surface area contributed by atoms with Gasteiger partial charge in [-0.2, -0.15) is 0 Å². The molecule has 0 saturated carbocycles. The Balaban J connectivity index is 0.000000350. The van der Waals surface area contributed by atoms with Gasteiger partial charge in [-0.3, -0.25) is 9.78 Å². The van der Waals surface area contributed by atoms with Crippen molar-refractivity contribution in [3.8, 4) is 0 Å². The van der Waals surface area contributed by atoms with Gasteiger partial charge in [-0.05, 0) is 19.2 Å². The number of carbonyl (C=O) groups is 1. The van der Waals surface area contributed by atoms with E-state index in [4.69, 9.17) is 15.1 Å². The third-order valence-electron chi connectivity index (χ3n) is 4.52. The van der Waals surface area contributed by atoms with Gasteiger partial charge in [0.2, 0.25) is 0 Å². The molecule has 0 aliphatic rings. The van der Waals surface area contributed by atoms with E-state index in [0.29, 0.717) is 0 Å². The Morgan fingerprint density at radius 3 is 2.20 bits per heavy atom. The van der Waals surface area contributed by atoms with Gasteiger partial charge >= 0.3 is 0 Å². The quantitative estimate of drug-likeness (QED) is 0.129. The molecule has 0 amide bonds. The molecule has 4 aromatic rings. The first kappa shape index (κ1) is 23.7. The Kier molecular flexibility index (Phi) is 7.46. The number of aliphatic hydroxyl groups is 1. The van der Waals surface area contributed by atoms with Crippen molar-refractivity contribution in [1.82, 2.24) is 9.97 Å². The molecule has 3 aromatic carbocycles. The number of allylic oxidation sites excluding steroid dienone is 2. The van der Waals surface area contributed by atoms with Gasteiger partial charge < -0.3 is 10.1 Å². The minimum Gasteiger partial charge on any atom is -0.512 e. The molecular formula is C25H25IrN2O2-. The van der Waals surface area contributed by atoms with Crippen LogP contribution in [0, 0.1) is 6.07 Å². The molecule has 0 unspecified atom stereocenters. The molecule has 30 heavy (non-hydrogen) atoms. The van der Waals surface area contributed by atoms with Gasteiger partial charge in [0.15, 0.2) is 5.78 Å². The maximum absolute atomic E-state index is 10.0. The van der Waals surface area contributed by atoms with Crippen molar-refractivity contribution < 1.29 is 30.0 Å². The third kappa shape index (κ3) is 5.10. The molecule has 1 heterocycles. The Morgan fingerprint density at radius 2 is 1.63 bits per heavy atom. The van der Waals surface area contributed by atoms with Crippen LogP contribution >= 0.6 is 0 Å². The van der Waals surface area contributed by atoms with Gasteiger partial charge in [-0.15, -0.1) is 29.7 Å². The molecule has 1 N–H and O–H groups in total. The Morgan fingerprint density at radius 1 is 1.00 bits per heavy atom. The van der Waals surface area contributed by atoms with E-state index in [2.05, 4.69) is 57.2 Å². The SMILES string of the molecule is CC(=O)/C=C(/C)O.CC(C)(C)c1cnc2c3[c-]cccc3c3ccccc3c2n1.[Ir]. The maximum Gasteiger partial charge on any atom is 0.155 e. The summed E-state index contributed by atoms with van der Waals surface area (Å²) in [5.41, 5.74) is 2.90. The van der Waals surface area contributed by atoms with Crippen LogP contribution in [-0.4, -0.2) is 20.9 Å². The van der Waals surface area contributed by atoms with E-state index in [-0.39, 0.29) is 37.1 Å². The summed E-state index contributed by atoms with van der Waals surface area (Å²) in [6.07, 6.45) is 3.07. The fourth-order valence-electron chi connectivity index (χ4n) is 3.20. The number of benzene rings is 3. The summed E-state index contributed by atoms with van der Waals surface area (Å²) in [5, 5.41) is 13.0. The summed E-state index contributed by atoms with van der Waals surface area (Å²) < 4.78 is 0. The van der Waals surface area contributed by atoms with E-state index in [9.17, 15) is 4.79 Å². The van der Waals surface area contributed by atoms with Gasteiger partial charge in [0.1, 0.15) is 0 Å². The molecule has 0 saturated heterocycles. The van der Waals surface area contributed by atoms with E-state index in [0.717, 1.165) is 27.5 Å². The van der Waals surface area contributed by atoms with Crippen LogP contribution in [0.1, 0.15) is 40.3 Å². The minimum atomic E-state index is -0.125. The number of rotatable bonds is 1. The van der Waals surface area contributed by atoms with Crippen LogP contribution in [0.25, 0.3) is 32.6 Å². The molecule has 4 rings (SSSR count). The zero-order chi connectivity index (χ0) is 21.2. The normalized spacial score (nSPS) is 11.7. The monoisotopic (exact) mass is 578 g/mol. The molecule has 0 fully saturated rings. The number of aromatic nitrogens is 2. The molecule has 0 spiro atoms. The second kappa shape index (κ2) is 9.46. The first-order valence-electron chi connectivity index (χ1n) is 9.54. The van der Waals surface area contributed by atoms with Gasteiger partial charge in [-0.1, -0.05) is 55.8 Å². The van der Waals surface area contributed by atoms with Gasteiger partial charge in [0.05, 0.1) is 17.0 Å². The van der Waals surface area contributed by atoms with E-state index in [1.165, 1.54) is 30.7 Å². The van der Waals surface area contributed by atoms with Crippen LogP contribution in [-0.2, 0) is 30.3 Å². The van der Waals surface area contributed by atoms with Gasteiger partial charge in [0, 0.05) is 43.3 Å². The van der Waals surface area contributed by atoms with Crippen LogP contribution in [0.2, 0.25) is 0 Å². The number of carbonyl (C=O) groups excluding carboxylic acids is 1. The molecule has 5 heteroatoms. The second-order valence-corrected chi connectivity index (χ2v) is 8.10. The summed E-state index contributed by atoms with van der Waals surface area (Å²) in [5.74, 6) is -0.0625. The summed E-state index contributed by atoms with van der Waals surface area (Å²) in [6.45, 7) is 9.34. The Labute approximate surface area is 190 Å². The third-order valence-corrected chi connectivity index (χ3v) is 4.52. The Bertz CT molecular complexity index is 1200. The molecule has 0 bridgehead atoms. The van der Waals surface area contributed by atoms with Crippen LogP contribution in [0.3, 0.4) is 0 Å². The number of fused-ring (bicyclic) bond motifs is 6. The molecule has 1 aromatic heterocycles. The van der Waals surface area contributed by atoms with E-state index in [1.807, 2.05) is 18.3 Å². The topological polar surface area (TPSA) is 63.1 Å². The summed E-state index contributed by atoms with van der Waals surface area (Å²) in [6, 6.07) is 17.9. The van der Waals surface area contributed by atoms with Crippen LogP contribution in [0.4, 0.5) is 0 Å². The van der Waals surface area contributed by atoms with E-state index >= 15 is 0 Å². The molecule has 0 aliphatic carbocycles. The van der Waals surface area contributed by atoms with Crippen molar-refractivity contribution in [2.24, 2.45) is 0 Å². The maximum atomic E-state index is 10.0. The fourth-order valence-corrected chi connectivity index (χ4v) is 3.20. The molecular weight excluding hydrogens is 553 g/mol. The molecule has 4 nitrogen and oxygen atoms in total. The predicted octanol–water partition coefficient (Wildman–Crippen LogP) is 6.07. The molecule has 157 valence electrons. The van der Waals surface area contributed by atoms with Crippen molar-refractivity contribution >= 4 is 38.4 Å². The number of hydrogen-bond donors (Lipinski definition) is 1. The first-order valence-corrected chi connectivity index (χ1v) is 9.54. The minimum absolute atomic E-state index is 0. The Hall–Kier alpha value is -2.62. The number of aliphatic hydroxyl groups excluding tert-OH is 1. The van der Waals surface area contributed by atoms with Gasteiger partial charge in [0.25, 0.3) is 0 Å². The standard InChI is InChI=1S/C20H17N2.C5H8O2.Ir/c1-20(2,3)17-12-21-18-15-10-6-4-8-13(15)14-9-5-7-11-16(14)19(18)22-17;1-4(6)3-5(2)7;/h4-9,11-12H,1-3H3;3,6H,1-2H3;/q-1;;/b;4-3-;. The van der Waals surface area contributed by atoms with Crippen molar-refractivity contribution in [3.05, 3.63) is 72.3 Å². The first-order chi connectivity index (χ1) is 13.7. The molecule has 0 aliphatic heterocycles. The summed E-state index contributed by atoms with van der Waals surface area (Å²) in [4.78, 5) is 19.7. The van der Waals surface area contributed by atoms with Crippen molar-refractivity contribution in [2.75, 3.05) is 0 Å². The van der Waals surface area contributed by atoms with Crippen molar-refractivity contribution in [1.29, 1.82) is 0 Å². The van der Waals surface area contributed by atoms with E-state index < -0.39 is 0 Å². The average Bonchev–Trinajstić information content (AvgIpc) is 2.66. The molecule has 1 radical (unpaired) electrons. The zero-order valence-corrected chi connectivity index (χ0v) is 20.2. The molecule has 0 atom stereocenters. The van der Waals surface area contributed by atoms with Crippen LogP contribution in [0.5, 0.6) is 0 Å². The van der Waals surface area contributed by atoms with Crippen LogP contribution < -0.4 is 0 Å². The van der Waals surface area contributed by atoms with Crippen LogP contribution in [0.15, 0.2) is 60.5 Å². The zero-order valence-electron chi connectivity index (χ0n) is 17.8. The summed E-state index contributed by atoms with van der Waals surface area (Å²) in [7, 11) is 0. The second-order valence-electron chi connectivity index (χ2n) is 8.10. The average molecular weight is 578 g/mol. The predicted molar refractivity (Wildman–Crippen MR) is 119 cm³/mol.